The molecular formula is C26H28N2. The van der Waals surface area contributed by atoms with Crippen LogP contribution in [0.1, 0.15) is 25.5 Å². The molecule has 4 rings (SSSR count). The second kappa shape index (κ2) is 8.45. The summed E-state index contributed by atoms with van der Waals surface area (Å²) in [7, 11) is 0. The Morgan fingerprint density at radius 2 is 1.25 bits per heavy atom. The zero-order chi connectivity index (χ0) is 19.3. The molecule has 0 aliphatic heterocycles. The van der Waals surface area contributed by atoms with Crippen LogP contribution in [-0.4, -0.2) is 24.5 Å². The molecule has 0 saturated heterocycles. The first-order chi connectivity index (χ1) is 13.8. The van der Waals surface area contributed by atoms with Gasteiger partial charge in [0, 0.05) is 17.6 Å². The van der Waals surface area contributed by atoms with E-state index in [9.17, 15) is 0 Å². The molecule has 4 aromatic carbocycles. The van der Waals surface area contributed by atoms with Crippen molar-refractivity contribution in [2.45, 2.75) is 19.9 Å². The molecule has 0 fully saturated rings. The van der Waals surface area contributed by atoms with Crippen LogP contribution in [0.3, 0.4) is 0 Å². The van der Waals surface area contributed by atoms with Gasteiger partial charge in [0.15, 0.2) is 0 Å². The zero-order valence-corrected chi connectivity index (χ0v) is 16.7. The molecule has 2 nitrogen and oxygen atoms in total. The largest absolute Gasteiger partial charge is 0.383 e. The Morgan fingerprint density at radius 1 is 0.679 bits per heavy atom. The van der Waals surface area contributed by atoms with Crippen molar-refractivity contribution in [2.75, 3.05) is 25.0 Å². The molecule has 1 atom stereocenters. The smallest absolute Gasteiger partial charge is 0.0526 e. The third kappa shape index (κ3) is 3.61. The summed E-state index contributed by atoms with van der Waals surface area (Å²) in [6.45, 7) is 7.44. The van der Waals surface area contributed by atoms with Crippen LogP contribution in [0.25, 0.3) is 21.5 Å². The van der Waals surface area contributed by atoms with Crippen molar-refractivity contribution in [3.05, 3.63) is 90.5 Å². The number of hydrogen-bond donors (Lipinski definition) is 1. The predicted octanol–water partition coefficient (Wildman–Crippen LogP) is 6.49. The number of hydrogen-bond acceptors (Lipinski definition) is 2. The molecule has 0 aromatic heterocycles. The molecule has 0 aliphatic rings. The summed E-state index contributed by atoms with van der Waals surface area (Å²) in [6.07, 6.45) is 0. The summed E-state index contributed by atoms with van der Waals surface area (Å²) in [5.74, 6) is 0. The van der Waals surface area contributed by atoms with Crippen LogP contribution in [0.2, 0.25) is 0 Å². The Balaban J connectivity index is 1.71. The molecule has 28 heavy (non-hydrogen) atoms. The van der Waals surface area contributed by atoms with Gasteiger partial charge < -0.3 is 5.32 Å². The first-order valence-corrected chi connectivity index (χ1v) is 10.2. The molecule has 1 unspecified atom stereocenters. The fraction of sp³-hybridized carbons (Fsp3) is 0.231. The zero-order valence-electron chi connectivity index (χ0n) is 16.7. The number of anilines is 1. The van der Waals surface area contributed by atoms with E-state index in [1.807, 2.05) is 0 Å². The van der Waals surface area contributed by atoms with Gasteiger partial charge in [-0.25, -0.2) is 0 Å². The molecule has 1 N–H and O–H groups in total. The van der Waals surface area contributed by atoms with Gasteiger partial charge in [0.2, 0.25) is 0 Å². The highest BCUT2D eigenvalue weighted by Gasteiger charge is 2.20. The van der Waals surface area contributed by atoms with E-state index in [0.717, 1.165) is 19.6 Å². The van der Waals surface area contributed by atoms with Crippen LogP contribution in [0, 0.1) is 0 Å². The maximum atomic E-state index is 3.76. The molecule has 0 heterocycles. The highest BCUT2D eigenvalue weighted by Crippen LogP contribution is 2.30. The lowest BCUT2D eigenvalue weighted by Gasteiger charge is -2.31. The van der Waals surface area contributed by atoms with Crippen molar-refractivity contribution in [3.63, 3.8) is 0 Å². The van der Waals surface area contributed by atoms with Crippen LogP contribution in [-0.2, 0) is 0 Å². The van der Waals surface area contributed by atoms with Crippen LogP contribution in [0.5, 0.6) is 0 Å². The predicted molar refractivity (Wildman–Crippen MR) is 122 cm³/mol. The number of nitrogens with one attached hydrogen (secondary N) is 1. The third-order valence-electron chi connectivity index (χ3n) is 5.71. The minimum atomic E-state index is 0.320. The van der Waals surface area contributed by atoms with Gasteiger partial charge in [0.05, 0.1) is 6.04 Å². The second-order valence-electron chi connectivity index (χ2n) is 7.21. The summed E-state index contributed by atoms with van der Waals surface area (Å²) < 4.78 is 0. The van der Waals surface area contributed by atoms with E-state index in [4.69, 9.17) is 0 Å². The van der Waals surface area contributed by atoms with Crippen molar-refractivity contribution in [1.29, 1.82) is 0 Å². The van der Waals surface area contributed by atoms with Gasteiger partial charge in [-0.3, -0.25) is 4.90 Å². The van der Waals surface area contributed by atoms with Gasteiger partial charge in [0.1, 0.15) is 0 Å². The maximum Gasteiger partial charge on any atom is 0.0526 e. The van der Waals surface area contributed by atoms with Gasteiger partial charge in [-0.1, -0.05) is 92.7 Å². The van der Waals surface area contributed by atoms with Crippen molar-refractivity contribution in [2.24, 2.45) is 0 Å². The monoisotopic (exact) mass is 368 g/mol. The van der Waals surface area contributed by atoms with Gasteiger partial charge in [-0.2, -0.15) is 0 Å². The van der Waals surface area contributed by atoms with E-state index < -0.39 is 0 Å². The SMILES string of the molecule is CCN(CC)C(CNc1cccc2ccccc12)c1cccc2ccccc12. The van der Waals surface area contributed by atoms with Gasteiger partial charge in [0.25, 0.3) is 0 Å². The number of nitrogens with zero attached hydrogens (tertiary/aromatic N) is 1. The minimum absolute atomic E-state index is 0.320. The van der Waals surface area contributed by atoms with Gasteiger partial charge in [-0.05, 0) is 40.9 Å². The molecule has 4 aromatic rings. The van der Waals surface area contributed by atoms with Crippen LogP contribution in [0.4, 0.5) is 5.69 Å². The minimum Gasteiger partial charge on any atom is -0.383 e. The summed E-state index contributed by atoms with van der Waals surface area (Å²) in [6, 6.07) is 30.8. The van der Waals surface area contributed by atoms with Gasteiger partial charge in [-0.15, -0.1) is 0 Å². The Bertz CT molecular complexity index is 1060. The lowest BCUT2D eigenvalue weighted by molar-refractivity contribution is 0.229. The lowest BCUT2D eigenvalue weighted by atomic mass is 9.97. The molecule has 0 spiro atoms. The Kier molecular flexibility index (Phi) is 5.59. The van der Waals surface area contributed by atoms with Crippen LogP contribution >= 0.6 is 0 Å². The Hall–Kier alpha value is -2.84. The maximum absolute atomic E-state index is 3.76. The molecule has 0 saturated carbocycles. The molecule has 2 heteroatoms. The first kappa shape index (κ1) is 18.5. The summed E-state index contributed by atoms with van der Waals surface area (Å²) in [5.41, 5.74) is 2.60. The summed E-state index contributed by atoms with van der Waals surface area (Å²) in [4.78, 5) is 2.54. The van der Waals surface area contributed by atoms with Gasteiger partial charge >= 0.3 is 0 Å². The third-order valence-corrected chi connectivity index (χ3v) is 5.71. The highest BCUT2D eigenvalue weighted by molar-refractivity contribution is 5.93. The number of fused-ring (bicyclic) bond motifs is 2. The Labute approximate surface area is 167 Å². The average Bonchev–Trinajstić information content (AvgIpc) is 2.76. The van der Waals surface area contributed by atoms with Crippen molar-refractivity contribution in [1.82, 2.24) is 4.90 Å². The molecule has 0 bridgehead atoms. The Morgan fingerprint density at radius 3 is 1.96 bits per heavy atom. The lowest BCUT2D eigenvalue weighted by Crippen LogP contribution is -2.33. The van der Waals surface area contributed by atoms with Crippen molar-refractivity contribution >= 4 is 27.2 Å². The number of benzene rings is 4. The highest BCUT2D eigenvalue weighted by atomic mass is 15.2. The molecule has 0 radical (unpaired) electrons. The summed E-state index contributed by atoms with van der Waals surface area (Å²) in [5, 5.41) is 8.97. The number of rotatable bonds is 7. The van der Waals surface area contributed by atoms with Crippen molar-refractivity contribution in [3.8, 4) is 0 Å². The molecule has 0 amide bonds. The normalized spacial score (nSPS) is 12.5. The van der Waals surface area contributed by atoms with Crippen LogP contribution < -0.4 is 5.32 Å². The molecular weight excluding hydrogens is 340 g/mol. The first-order valence-electron chi connectivity index (χ1n) is 10.2. The topological polar surface area (TPSA) is 15.3 Å². The quantitative estimate of drug-likeness (QED) is 0.401. The van der Waals surface area contributed by atoms with E-state index in [-0.39, 0.29) is 0 Å². The second-order valence-corrected chi connectivity index (χ2v) is 7.21. The fourth-order valence-electron chi connectivity index (χ4n) is 4.23. The van der Waals surface area contributed by atoms with E-state index in [0.29, 0.717) is 6.04 Å². The molecule has 0 aliphatic carbocycles. The van der Waals surface area contributed by atoms with Crippen LogP contribution in [0.15, 0.2) is 84.9 Å². The van der Waals surface area contributed by atoms with E-state index in [2.05, 4.69) is 109 Å². The summed E-state index contributed by atoms with van der Waals surface area (Å²) >= 11 is 0. The number of likely N-dealkylation sites (N-methyl/N-ethyl adjacent to an activating group) is 1. The molecule has 142 valence electrons. The average molecular weight is 369 g/mol. The van der Waals surface area contributed by atoms with E-state index in [1.165, 1.54) is 32.8 Å². The van der Waals surface area contributed by atoms with E-state index >= 15 is 0 Å². The standard InChI is InChI=1S/C26H28N2/c1-3-28(4-2)26(24-17-9-13-20-11-5-7-15-22(20)24)19-27-25-18-10-14-21-12-6-8-16-23(21)25/h5-18,26-27H,3-4,19H2,1-2H3. The van der Waals surface area contributed by atoms with E-state index in [1.54, 1.807) is 0 Å². The van der Waals surface area contributed by atoms with Crippen molar-refractivity contribution < 1.29 is 0 Å². The fourth-order valence-corrected chi connectivity index (χ4v) is 4.23.